The molecule has 132 valence electrons. The minimum Gasteiger partial charge on any atom is -0.481 e. The predicted octanol–water partition coefficient (Wildman–Crippen LogP) is 2.54. The van der Waals surface area contributed by atoms with Gasteiger partial charge < -0.3 is 20.1 Å². The van der Waals surface area contributed by atoms with Crippen LogP contribution < -0.4 is 5.32 Å². The molecule has 1 fully saturated rings. The van der Waals surface area contributed by atoms with E-state index >= 15 is 0 Å². The van der Waals surface area contributed by atoms with Crippen LogP contribution in [0.15, 0.2) is 42.5 Å². The second-order valence-electron chi connectivity index (χ2n) is 6.26. The zero-order valence-electron chi connectivity index (χ0n) is 13.9. The molecule has 1 atom stereocenters. The fraction of sp³-hybridized carbons (Fsp3) is 0.368. The van der Waals surface area contributed by atoms with Crippen molar-refractivity contribution >= 4 is 11.9 Å². The van der Waals surface area contributed by atoms with E-state index in [1.54, 1.807) is 6.07 Å². The summed E-state index contributed by atoms with van der Waals surface area (Å²) in [7, 11) is 0. The quantitative estimate of drug-likeness (QED) is 0.752. The molecule has 1 amide bonds. The third-order valence-electron chi connectivity index (χ3n) is 4.65. The van der Waals surface area contributed by atoms with Gasteiger partial charge in [-0.2, -0.15) is 0 Å². The fourth-order valence-electron chi connectivity index (χ4n) is 3.19. The molecule has 2 aromatic rings. The number of nitrogens with one attached hydrogen (secondary N) is 2. The molecule has 1 saturated heterocycles. The summed E-state index contributed by atoms with van der Waals surface area (Å²) in [4.78, 5) is 27.0. The number of ether oxygens (including phenoxy) is 1. The van der Waals surface area contributed by atoms with Crippen LogP contribution >= 0.6 is 0 Å². The van der Waals surface area contributed by atoms with Crippen molar-refractivity contribution in [2.24, 2.45) is 11.8 Å². The van der Waals surface area contributed by atoms with Crippen LogP contribution in [0.4, 0.5) is 0 Å². The molecule has 1 unspecified atom stereocenters. The molecule has 0 aliphatic carbocycles. The highest BCUT2D eigenvalue weighted by atomic mass is 16.5. The summed E-state index contributed by atoms with van der Waals surface area (Å²) in [6.07, 6.45) is 1.43. The molecule has 0 radical (unpaired) electrons. The second kappa shape index (κ2) is 7.98. The number of aromatic nitrogens is 1. The van der Waals surface area contributed by atoms with Gasteiger partial charge in [0.05, 0.1) is 5.92 Å². The molecular formula is C19H22N2O4. The Bertz CT molecular complexity index is 720. The molecule has 6 nitrogen and oxygen atoms in total. The Morgan fingerprint density at radius 1 is 1.16 bits per heavy atom. The smallest absolute Gasteiger partial charge is 0.308 e. The number of carbonyl (C=O) groups excluding carboxylic acids is 1. The van der Waals surface area contributed by atoms with Gasteiger partial charge in [0.25, 0.3) is 5.91 Å². The van der Waals surface area contributed by atoms with E-state index in [2.05, 4.69) is 10.3 Å². The van der Waals surface area contributed by atoms with Crippen molar-refractivity contribution in [3.05, 3.63) is 48.2 Å². The predicted molar refractivity (Wildman–Crippen MR) is 93.2 cm³/mol. The average molecular weight is 342 g/mol. The number of aromatic amines is 1. The molecule has 1 aromatic heterocycles. The van der Waals surface area contributed by atoms with Crippen LogP contribution in [0, 0.1) is 11.8 Å². The molecular weight excluding hydrogens is 320 g/mol. The van der Waals surface area contributed by atoms with Crippen molar-refractivity contribution in [2.75, 3.05) is 19.8 Å². The molecule has 1 aliphatic heterocycles. The lowest BCUT2D eigenvalue weighted by Crippen LogP contribution is -2.39. The Kier molecular flexibility index (Phi) is 5.50. The van der Waals surface area contributed by atoms with E-state index in [0.717, 1.165) is 11.3 Å². The van der Waals surface area contributed by atoms with Crippen LogP contribution in [0.1, 0.15) is 23.3 Å². The molecule has 0 spiro atoms. The first-order chi connectivity index (χ1) is 12.1. The van der Waals surface area contributed by atoms with Gasteiger partial charge >= 0.3 is 5.97 Å². The SMILES string of the molecule is O=C(NCC(C(=O)O)C1CCOCC1)c1ccc(-c2ccccc2)[nH]1. The standard InChI is InChI=1S/C19H22N2O4/c22-18(17-7-6-16(21-17)14-4-2-1-3-5-14)20-12-15(19(23)24)13-8-10-25-11-9-13/h1-7,13,15,21H,8-12H2,(H,20,22)(H,23,24). The molecule has 1 aliphatic rings. The Labute approximate surface area is 146 Å². The maximum absolute atomic E-state index is 12.3. The van der Waals surface area contributed by atoms with Crippen LogP contribution in [-0.4, -0.2) is 41.7 Å². The number of hydrogen-bond donors (Lipinski definition) is 3. The van der Waals surface area contributed by atoms with Crippen LogP contribution in [0.2, 0.25) is 0 Å². The molecule has 1 aromatic carbocycles. The van der Waals surface area contributed by atoms with Crippen LogP contribution in [-0.2, 0) is 9.53 Å². The number of hydrogen-bond acceptors (Lipinski definition) is 3. The molecule has 6 heteroatoms. The number of aliphatic carboxylic acids is 1. The third kappa shape index (κ3) is 4.28. The van der Waals surface area contributed by atoms with Crippen LogP contribution in [0.25, 0.3) is 11.3 Å². The maximum Gasteiger partial charge on any atom is 0.308 e. The average Bonchev–Trinajstić information content (AvgIpc) is 3.13. The van der Waals surface area contributed by atoms with Crippen molar-refractivity contribution in [1.29, 1.82) is 0 Å². The first-order valence-electron chi connectivity index (χ1n) is 8.48. The summed E-state index contributed by atoms with van der Waals surface area (Å²) in [6.45, 7) is 1.29. The van der Waals surface area contributed by atoms with E-state index in [4.69, 9.17) is 4.74 Å². The summed E-state index contributed by atoms with van der Waals surface area (Å²) < 4.78 is 5.28. The lowest BCUT2D eigenvalue weighted by molar-refractivity contribution is -0.144. The number of carboxylic acid groups (broad SMARTS) is 1. The first kappa shape index (κ1) is 17.2. The summed E-state index contributed by atoms with van der Waals surface area (Å²) >= 11 is 0. The highest BCUT2D eigenvalue weighted by Crippen LogP contribution is 2.24. The highest BCUT2D eigenvalue weighted by Gasteiger charge is 2.30. The van der Waals surface area contributed by atoms with Gasteiger partial charge in [-0.1, -0.05) is 30.3 Å². The van der Waals surface area contributed by atoms with Gasteiger partial charge in [-0.15, -0.1) is 0 Å². The number of amides is 1. The number of carboxylic acids is 1. The normalized spacial score (nSPS) is 16.3. The van der Waals surface area contributed by atoms with E-state index in [0.29, 0.717) is 31.7 Å². The monoisotopic (exact) mass is 342 g/mol. The number of benzene rings is 1. The van der Waals surface area contributed by atoms with Crippen molar-refractivity contribution in [3.8, 4) is 11.3 Å². The molecule has 0 bridgehead atoms. The Morgan fingerprint density at radius 2 is 1.88 bits per heavy atom. The first-order valence-corrected chi connectivity index (χ1v) is 8.48. The zero-order chi connectivity index (χ0) is 17.6. The Hall–Kier alpha value is -2.60. The van der Waals surface area contributed by atoms with Gasteiger partial charge in [-0.3, -0.25) is 9.59 Å². The molecule has 2 heterocycles. The van der Waals surface area contributed by atoms with Gasteiger partial charge in [0, 0.05) is 25.5 Å². The van der Waals surface area contributed by atoms with E-state index in [1.165, 1.54) is 0 Å². The zero-order valence-corrected chi connectivity index (χ0v) is 13.9. The number of rotatable bonds is 6. The van der Waals surface area contributed by atoms with Gasteiger partial charge in [-0.05, 0) is 36.5 Å². The van der Waals surface area contributed by atoms with Gasteiger partial charge in [0.15, 0.2) is 0 Å². The summed E-state index contributed by atoms with van der Waals surface area (Å²) in [6, 6.07) is 13.3. The van der Waals surface area contributed by atoms with Crippen molar-refractivity contribution in [3.63, 3.8) is 0 Å². The van der Waals surface area contributed by atoms with Gasteiger partial charge in [0.1, 0.15) is 5.69 Å². The van der Waals surface area contributed by atoms with Crippen molar-refractivity contribution < 1.29 is 19.4 Å². The van der Waals surface area contributed by atoms with E-state index < -0.39 is 11.9 Å². The number of H-pyrrole nitrogens is 1. The minimum absolute atomic E-state index is 0.0371. The van der Waals surface area contributed by atoms with Gasteiger partial charge in [-0.25, -0.2) is 0 Å². The summed E-state index contributed by atoms with van der Waals surface area (Å²) in [5.74, 6) is -1.71. The van der Waals surface area contributed by atoms with Crippen LogP contribution in [0.3, 0.4) is 0 Å². The lowest BCUT2D eigenvalue weighted by atomic mass is 9.86. The molecule has 3 rings (SSSR count). The van der Waals surface area contributed by atoms with E-state index in [9.17, 15) is 14.7 Å². The summed E-state index contributed by atoms with van der Waals surface area (Å²) in [5.41, 5.74) is 2.27. The fourth-order valence-corrected chi connectivity index (χ4v) is 3.19. The Morgan fingerprint density at radius 3 is 2.56 bits per heavy atom. The third-order valence-corrected chi connectivity index (χ3v) is 4.65. The highest BCUT2D eigenvalue weighted by molar-refractivity contribution is 5.93. The van der Waals surface area contributed by atoms with E-state index in [-0.39, 0.29) is 18.4 Å². The molecule has 3 N–H and O–H groups in total. The lowest BCUT2D eigenvalue weighted by Gasteiger charge is -2.27. The van der Waals surface area contributed by atoms with E-state index in [1.807, 2.05) is 36.4 Å². The van der Waals surface area contributed by atoms with Crippen molar-refractivity contribution in [1.82, 2.24) is 10.3 Å². The van der Waals surface area contributed by atoms with Crippen LogP contribution in [0.5, 0.6) is 0 Å². The second-order valence-corrected chi connectivity index (χ2v) is 6.26. The molecule has 0 saturated carbocycles. The van der Waals surface area contributed by atoms with Gasteiger partial charge in [0.2, 0.25) is 0 Å². The maximum atomic E-state index is 12.3. The summed E-state index contributed by atoms with van der Waals surface area (Å²) in [5, 5.41) is 12.2. The minimum atomic E-state index is -0.872. The van der Waals surface area contributed by atoms with Crippen molar-refractivity contribution in [2.45, 2.75) is 12.8 Å². The largest absolute Gasteiger partial charge is 0.481 e. The number of carbonyl (C=O) groups is 2. The molecule has 25 heavy (non-hydrogen) atoms. The Balaban J connectivity index is 1.61. The topological polar surface area (TPSA) is 91.4 Å².